The maximum Gasteiger partial charge on any atom is 0.177 e. The van der Waals surface area contributed by atoms with E-state index in [0.29, 0.717) is 28.6 Å². The van der Waals surface area contributed by atoms with E-state index in [2.05, 4.69) is 5.32 Å². The van der Waals surface area contributed by atoms with E-state index in [1.54, 1.807) is 25.1 Å². The van der Waals surface area contributed by atoms with Gasteiger partial charge in [-0.05, 0) is 25.1 Å². The van der Waals surface area contributed by atoms with Crippen LogP contribution in [0.25, 0.3) is 0 Å². The molecule has 0 saturated carbocycles. The van der Waals surface area contributed by atoms with Gasteiger partial charge in [0.05, 0.1) is 11.6 Å². The Morgan fingerprint density at radius 3 is 3.00 bits per heavy atom. The molecular weight excluding hydrogens is 228 g/mol. The zero-order valence-corrected chi connectivity index (χ0v) is 9.47. The fourth-order valence-corrected chi connectivity index (χ4v) is 1.57. The van der Waals surface area contributed by atoms with Gasteiger partial charge in [-0.3, -0.25) is 4.79 Å². The standard InChI is InChI=1S/C11H11ClN2O2/c1-6-11(13)14-8-4-7(9(15)5-12)2-3-10(8)16-6/h2-4,14H,5,13H2,1H3. The minimum absolute atomic E-state index is 0.0377. The smallest absolute Gasteiger partial charge is 0.177 e. The molecule has 0 bridgehead atoms. The number of ether oxygens (including phenoxy) is 1. The van der Waals surface area contributed by atoms with Crippen molar-refractivity contribution < 1.29 is 9.53 Å². The molecule has 0 spiro atoms. The number of allylic oxidation sites excluding steroid dienone is 1. The molecule has 84 valence electrons. The number of anilines is 1. The Labute approximate surface area is 98.0 Å². The molecule has 1 heterocycles. The lowest BCUT2D eigenvalue weighted by Crippen LogP contribution is -2.19. The van der Waals surface area contributed by atoms with Crippen molar-refractivity contribution in [2.45, 2.75) is 6.92 Å². The van der Waals surface area contributed by atoms with E-state index in [0.717, 1.165) is 0 Å². The molecule has 3 N–H and O–H groups in total. The van der Waals surface area contributed by atoms with Crippen molar-refractivity contribution in [2.75, 3.05) is 11.2 Å². The second-order valence-electron chi connectivity index (χ2n) is 3.46. The summed E-state index contributed by atoms with van der Waals surface area (Å²) in [6, 6.07) is 5.08. The summed E-state index contributed by atoms with van der Waals surface area (Å²) in [5.74, 6) is 1.55. The summed E-state index contributed by atoms with van der Waals surface area (Å²) >= 11 is 5.49. The lowest BCUT2D eigenvalue weighted by Gasteiger charge is -2.21. The zero-order chi connectivity index (χ0) is 11.7. The Bertz CT molecular complexity index is 483. The molecular formula is C11H11ClN2O2. The van der Waals surface area contributed by atoms with Crippen molar-refractivity contribution >= 4 is 23.1 Å². The first-order valence-corrected chi connectivity index (χ1v) is 5.29. The molecule has 2 rings (SSSR count). The summed E-state index contributed by atoms with van der Waals surface area (Å²) in [7, 11) is 0. The number of hydrogen-bond donors (Lipinski definition) is 2. The normalized spacial score (nSPS) is 13.9. The zero-order valence-electron chi connectivity index (χ0n) is 8.71. The first-order chi connectivity index (χ1) is 7.61. The average molecular weight is 239 g/mol. The lowest BCUT2D eigenvalue weighted by atomic mass is 10.1. The summed E-state index contributed by atoms with van der Waals surface area (Å²) in [5, 5.41) is 2.97. The van der Waals surface area contributed by atoms with Crippen molar-refractivity contribution in [2.24, 2.45) is 5.73 Å². The van der Waals surface area contributed by atoms with Gasteiger partial charge in [0.25, 0.3) is 0 Å². The number of carbonyl (C=O) groups is 1. The number of alkyl halides is 1. The molecule has 1 aliphatic rings. The van der Waals surface area contributed by atoms with Gasteiger partial charge >= 0.3 is 0 Å². The third-order valence-corrected chi connectivity index (χ3v) is 2.58. The number of ketones is 1. The number of nitrogens with one attached hydrogen (secondary N) is 1. The Morgan fingerprint density at radius 2 is 2.31 bits per heavy atom. The second-order valence-corrected chi connectivity index (χ2v) is 3.73. The third kappa shape index (κ3) is 1.84. The van der Waals surface area contributed by atoms with Crippen LogP contribution in [0.5, 0.6) is 5.75 Å². The molecule has 0 aromatic heterocycles. The van der Waals surface area contributed by atoms with Crippen LogP contribution in [0, 0.1) is 0 Å². The quantitative estimate of drug-likeness (QED) is 0.612. The van der Waals surface area contributed by atoms with Crippen LogP contribution in [0.3, 0.4) is 0 Å². The number of fused-ring (bicyclic) bond motifs is 1. The highest BCUT2D eigenvalue weighted by Gasteiger charge is 2.16. The van der Waals surface area contributed by atoms with E-state index in [1.807, 2.05) is 0 Å². The monoisotopic (exact) mass is 238 g/mol. The molecule has 1 aromatic rings. The Balaban J connectivity index is 2.37. The van der Waals surface area contributed by atoms with E-state index in [1.165, 1.54) is 0 Å². The number of Topliss-reactive ketones (excluding diaryl/α,β-unsaturated/α-hetero) is 1. The van der Waals surface area contributed by atoms with Crippen LogP contribution in [-0.2, 0) is 0 Å². The highest BCUT2D eigenvalue weighted by atomic mass is 35.5. The Kier molecular flexibility index (Phi) is 2.75. The Hall–Kier alpha value is -1.68. The van der Waals surface area contributed by atoms with Crippen molar-refractivity contribution in [3.8, 4) is 5.75 Å². The molecule has 1 aliphatic heterocycles. The molecule has 0 saturated heterocycles. The summed E-state index contributed by atoms with van der Waals surface area (Å²) < 4.78 is 5.46. The number of carbonyl (C=O) groups excluding carboxylic acids is 1. The predicted molar refractivity (Wildman–Crippen MR) is 62.6 cm³/mol. The van der Waals surface area contributed by atoms with Crippen LogP contribution in [0.4, 0.5) is 5.69 Å². The van der Waals surface area contributed by atoms with Gasteiger partial charge in [0, 0.05) is 5.56 Å². The van der Waals surface area contributed by atoms with Crippen molar-refractivity contribution in [1.82, 2.24) is 0 Å². The van der Waals surface area contributed by atoms with Gasteiger partial charge in [0.1, 0.15) is 11.6 Å². The third-order valence-electron chi connectivity index (χ3n) is 2.33. The number of halogens is 1. The molecule has 1 aromatic carbocycles. The maximum atomic E-state index is 11.4. The van der Waals surface area contributed by atoms with Gasteiger partial charge < -0.3 is 15.8 Å². The topological polar surface area (TPSA) is 64.3 Å². The molecule has 4 nitrogen and oxygen atoms in total. The van der Waals surface area contributed by atoms with E-state index in [9.17, 15) is 4.79 Å². The number of hydrogen-bond acceptors (Lipinski definition) is 4. The minimum Gasteiger partial charge on any atom is -0.456 e. The average Bonchev–Trinajstić information content (AvgIpc) is 2.29. The summed E-state index contributed by atoms with van der Waals surface area (Å²) in [6.45, 7) is 1.77. The van der Waals surface area contributed by atoms with Gasteiger partial charge in [0.15, 0.2) is 11.5 Å². The Morgan fingerprint density at radius 1 is 1.56 bits per heavy atom. The van der Waals surface area contributed by atoms with E-state index in [4.69, 9.17) is 22.1 Å². The lowest BCUT2D eigenvalue weighted by molar-refractivity contribution is 0.102. The van der Waals surface area contributed by atoms with Crippen LogP contribution in [-0.4, -0.2) is 11.7 Å². The molecule has 5 heteroatoms. The van der Waals surface area contributed by atoms with Crippen LogP contribution in [0.15, 0.2) is 29.8 Å². The van der Waals surface area contributed by atoms with Crippen LogP contribution in [0.2, 0.25) is 0 Å². The fourth-order valence-electron chi connectivity index (χ4n) is 1.42. The molecule has 0 unspecified atom stereocenters. The first-order valence-electron chi connectivity index (χ1n) is 4.76. The minimum atomic E-state index is -0.129. The molecule has 0 amide bonds. The number of nitrogens with two attached hydrogens (primary N) is 1. The fraction of sp³-hybridized carbons (Fsp3) is 0.182. The largest absolute Gasteiger partial charge is 0.456 e. The van der Waals surface area contributed by atoms with E-state index >= 15 is 0 Å². The van der Waals surface area contributed by atoms with Gasteiger partial charge in [-0.25, -0.2) is 0 Å². The highest BCUT2D eigenvalue weighted by Crippen LogP contribution is 2.32. The SMILES string of the molecule is CC1=C(N)Nc2cc(C(=O)CCl)ccc2O1. The summed E-state index contributed by atoms with van der Waals surface area (Å²) in [5.41, 5.74) is 6.90. The summed E-state index contributed by atoms with van der Waals surface area (Å²) in [4.78, 5) is 11.4. The first kappa shape index (κ1) is 10.8. The van der Waals surface area contributed by atoms with Gasteiger partial charge in [-0.1, -0.05) is 0 Å². The second kappa shape index (κ2) is 4.06. The molecule has 16 heavy (non-hydrogen) atoms. The maximum absolute atomic E-state index is 11.4. The van der Waals surface area contributed by atoms with Crippen molar-refractivity contribution in [3.05, 3.63) is 35.3 Å². The predicted octanol–water partition coefficient (Wildman–Crippen LogP) is 2.06. The molecule has 0 fully saturated rings. The number of rotatable bonds is 2. The molecule has 0 aliphatic carbocycles. The number of benzene rings is 1. The molecule has 0 atom stereocenters. The summed E-state index contributed by atoms with van der Waals surface area (Å²) in [6.07, 6.45) is 0. The van der Waals surface area contributed by atoms with Crippen molar-refractivity contribution in [3.63, 3.8) is 0 Å². The van der Waals surface area contributed by atoms with Gasteiger partial charge in [-0.2, -0.15) is 0 Å². The van der Waals surface area contributed by atoms with Gasteiger partial charge in [-0.15, -0.1) is 11.6 Å². The van der Waals surface area contributed by atoms with E-state index < -0.39 is 0 Å². The van der Waals surface area contributed by atoms with Crippen LogP contribution in [0.1, 0.15) is 17.3 Å². The van der Waals surface area contributed by atoms with E-state index in [-0.39, 0.29) is 11.7 Å². The van der Waals surface area contributed by atoms with Crippen molar-refractivity contribution in [1.29, 1.82) is 0 Å². The van der Waals surface area contributed by atoms with Gasteiger partial charge in [0.2, 0.25) is 0 Å². The van der Waals surface area contributed by atoms with Crippen LogP contribution >= 0.6 is 11.6 Å². The molecule has 0 radical (unpaired) electrons. The highest BCUT2D eigenvalue weighted by molar-refractivity contribution is 6.30. The van der Waals surface area contributed by atoms with Crippen LogP contribution < -0.4 is 15.8 Å².